The Morgan fingerprint density at radius 2 is 1.84 bits per heavy atom. The molecule has 25 heavy (non-hydrogen) atoms. The Bertz CT molecular complexity index is 685. The lowest BCUT2D eigenvalue weighted by Gasteiger charge is -2.44. The number of aliphatic carboxylic acids is 2. The average Bonchev–Trinajstić information content (AvgIpc) is 2.99. The topological polar surface area (TPSA) is 81.1 Å². The van der Waals surface area contributed by atoms with Gasteiger partial charge in [-0.3, -0.25) is 0 Å². The number of nitrogens with zero attached hydrogens (tertiary/aromatic N) is 2. The molecule has 0 aliphatic carbocycles. The largest absolute Gasteiger partial charge is 0.478 e. The van der Waals surface area contributed by atoms with E-state index in [1.54, 1.807) is 16.8 Å². The minimum Gasteiger partial charge on any atom is -0.478 e. The number of benzene rings is 1. The Hall–Kier alpha value is -2.34. The zero-order chi connectivity index (χ0) is 18.0. The number of likely N-dealkylation sites (N-methyl/N-ethyl adjacent to an activating group) is 1. The van der Waals surface area contributed by atoms with Crippen molar-refractivity contribution in [3.63, 3.8) is 0 Å². The Labute approximate surface area is 147 Å². The van der Waals surface area contributed by atoms with Gasteiger partial charge >= 0.3 is 11.9 Å². The van der Waals surface area contributed by atoms with E-state index in [2.05, 4.69) is 35.0 Å². The van der Waals surface area contributed by atoms with Gasteiger partial charge in [-0.05, 0) is 43.5 Å². The van der Waals surface area contributed by atoms with Crippen LogP contribution >= 0.6 is 0 Å². The van der Waals surface area contributed by atoms with Crippen LogP contribution in [0.2, 0.25) is 0 Å². The second-order valence-electron chi connectivity index (χ2n) is 6.98. The maximum atomic E-state index is 9.55. The lowest BCUT2D eigenvalue weighted by Crippen LogP contribution is -2.45. The van der Waals surface area contributed by atoms with Gasteiger partial charge in [-0.2, -0.15) is 0 Å². The molecule has 3 heterocycles. The molecule has 3 aliphatic rings. The molecule has 1 aromatic carbocycles. The summed E-state index contributed by atoms with van der Waals surface area (Å²) in [5.74, 6) is -0.829. The summed E-state index contributed by atoms with van der Waals surface area (Å²) in [6.07, 6.45) is 3.75. The van der Waals surface area contributed by atoms with Crippen LogP contribution in [0.15, 0.2) is 30.4 Å². The SMILES string of the molecule is CN1CC[C@H]2CN3CCc4cccc(c43)[C@H]2C1.O=C(O)/C=C/C(=O)O. The number of carboxylic acid groups (broad SMARTS) is 2. The first kappa shape index (κ1) is 17.5. The van der Waals surface area contributed by atoms with Gasteiger partial charge in [0.1, 0.15) is 0 Å². The van der Waals surface area contributed by atoms with Crippen molar-refractivity contribution in [3.05, 3.63) is 41.5 Å². The molecule has 134 valence electrons. The van der Waals surface area contributed by atoms with Gasteiger partial charge < -0.3 is 20.0 Å². The van der Waals surface area contributed by atoms with Crippen LogP contribution in [0.1, 0.15) is 23.5 Å². The molecule has 6 nitrogen and oxygen atoms in total. The number of rotatable bonds is 2. The highest BCUT2D eigenvalue weighted by Gasteiger charge is 2.39. The van der Waals surface area contributed by atoms with Crippen LogP contribution in [0.25, 0.3) is 0 Å². The smallest absolute Gasteiger partial charge is 0.328 e. The fraction of sp³-hybridized carbons (Fsp3) is 0.474. The molecule has 6 heteroatoms. The number of likely N-dealkylation sites (tertiary alicyclic amines) is 1. The predicted molar refractivity (Wildman–Crippen MR) is 95.1 cm³/mol. The van der Waals surface area contributed by atoms with Gasteiger partial charge in [0.15, 0.2) is 0 Å². The third-order valence-corrected chi connectivity index (χ3v) is 5.30. The van der Waals surface area contributed by atoms with Crippen LogP contribution in [-0.4, -0.2) is 60.3 Å². The number of carboxylic acids is 2. The number of hydrogen-bond donors (Lipinski definition) is 2. The number of piperidine rings is 1. The van der Waals surface area contributed by atoms with E-state index < -0.39 is 11.9 Å². The molecule has 0 aromatic heterocycles. The van der Waals surface area contributed by atoms with E-state index in [0.29, 0.717) is 12.2 Å². The molecular formula is C19H24N2O4. The predicted octanol–water partition coefficient (Wildman–Crippen LogP) is 1.81. The number of para-hydroxylation sites is 1. The first-order valence-electron chi connectivity index (χ1n) is 8.65. The van der Waals surface area contributed by atoms with Crippen LogP contribution in [0.4, 0.5) is 5.69 Å². The highest BCUT2D eigenvalue weighted by molar-refractivity contribution is 5.89. The molecule has 0 radical (unpaired) electrons. The van der Waals surface area contributed by atoms with E-state index in [1.807, 2.05) is 0 Å². The summed E-state index contributed by atoms with van der Waals surface area (Å²) in [5.41, 5.74) is 4.83. The zero-order valence-corrected chi connectivity index (χ0v) is 14.4. The van der Waals surface area contributed by atoms with Gasteiger partial charge in [-0.15, -0.1) is 0 Å². The summed E-state index contributed by atoms with van der Waals surface area (Å²) in [7, 11) is 2.27. The second kappa shape index (κ2) is 7.27. The lowest BCUT2D eigenvalue weighted by molar-refractivity contribution is -0.134. The van der Waals surface area contributed by atoms with E-state index in [9.17, 15) is 9.59 Å². The summed E-state index contributed by atoms with van der Waals surface area (Å²) in [6, 6.07) is 6.98. The van der Waals surface area contributed by atoms with E-state index >= 15 is 0 Å². The summed E-state index contributed by atoms with van der Waals surface area (Å²) >= 11 is 0. The molecule has 3 aliphatic heterocycles. The number of carbonyl (C=O) groups is 2. The highest BCUT2D eigenvalue weighted by Crippen LogP contribution is 2.46. The Morgan fingerprint density at radius 1 is 1.12 bits per heavy atom. The third-order valence-electron chi connectivity index (χ3n) is 5.30. The molecule has 0 spiro atoms. The fourth-order valence-electron chi connectivity index (χ4n) is 4.21. The van der Waals surface area contributed by atoms with E-state index in [-0.39, 0.29) is 0 Å². The van der Waals surface area contributed by atoms with E-state index in [4.69, 9.17) is 10.2 Å². The normalized spacial score (nSPS) is 24.3. The molecular weight excluding hydrogens is 320 g/mol. The van der Waals surface area contributed by atoms with Crippen molar-refractivity contribution >= 4 is 17.6 Å². The molecule has 0 saturated carbocycles. The summed E-state index contributed by atoms with van der Waals surface area (Å²) in [6.45, 7) is 5.10. The van der Waals surface area contributed by atoms with Crippen molar-refractivity contribution in [1.29, 1.82) is 0 Å². The molecule has 4 rings (SSSR count). The van der Waals surface area contributed by atoms with Gasteiger partial charge in [0.2, 0.25) is 0 Å². The molecule has 1 aromatic rings. The maximum Gasteiger partial charge on any atom is 0.328 e. The zero-order valence-electron chi connectivity index (χ0n) is 14.4. The molecule has 2 N–H and O–H groups in total. The van der Waals surface area contributed by atoms with Crippen molar-refractivity contribution in [3.8, 4) is 0 Å². The van der Waals surface area contributed by atoms with Gasteiger partial charge in [-0.25, -0.2) is 9.59 Å². The van der Waals surface area contributed by atoms with Crippen molar-refractivity contribution in [2.24, 2.45) is 5.92 Å². The monoisotopic (exact) mass is 344 g/mol. The number of hydrogen-bond acceptors (Lipinski definition) is 4. The maximum absolute atomic E-state index is 9.55. The van der Waals surface area contributed by atoms with Gasteiger partial charge in [0.25, 0.3) is 0 Å². The lowest BCUT2D eigenvalue weighted by atomic mass is 9.77. The molecule has 2 atom stereocenters. The van der Waals surface area contributed by atoms with Crippen LogP contribution < -0.4 is 4.90 Å². The average molecular weight is 344 g/mol. The summed E-state index contributed by atoms with van der Waals surface area (Å²) in [5, 5.41) is 15.6. The van der Waals surface area contributed by atoms with Gasteiger partial charge in [0, 0.05) is 43.4 Å². The highest BCUT2D eigenvalue weighted by atomic mass is 16.4. The van der Waals surface area contributed by atoms with Crippen LogP contribution in [0.5, 0.6) is 0 Å². The standard InChI is InChI=1S/C15H20N2.C4H4O4/c1-16-7-5-12-9-17-8-6-11-3-2-4-13(15(11)17)14(12)10-16;5-3(6)1-2-4(7)8/h2-4,12,14H,5-10H2,1H3;1-2H,(H,5,6)(H,7,8)/b;2-1+/t12-,14-;/m0./s1. The first-order valence-corrected chi connectivity index (χ1v) is 8.65. The van der Waals surface area contributed by atoms with Crippen molar-refractivity contribution < 1.29 is 19.8 Å². The molecule has 0 bridgehead atoms. The molecule has 1 fully saturated rings. The van der Waals surface area contributed by atoms with Gasteiger partial charge in [0.05, 0.1) is 0 Å². The number of anilines is 1. The number of fused-ring (bicyclic) bond motifs is 2. The third kappa shape index (κ3) is 3.85. The van der Waals surface area contributed by atoms with Crippen molar-refractivity contribution in [2.45, 2.75) is 18.8 Å². The van der Waals surface area contributed by atoms with Crippen LogP contribution in [-0.2, 0) is 16.0 Å². The minimum atomic E-state index is -1.26. The Morgan fingerprint density at radius 3 is 2.52 bits per heavy atom. The molecule has 0 amide bonds. The minimum absolute atomic E-state index is 0.558. The van der Waals surface area contributed by atoms with Crippen molar-refractivity contribution in [2.75, 3.05) is 38.1 Å². The van der Waals surface area contributed by atoms with Crippen molar-refractivity contribution in [1.82, 2.24) is 4.90 Å². The Balaban J connectivity index is 0.000000197. The first-order chi connectivity index (χ1) is 12.0. The Kier molecular flexibility index (Phi) is 5.08. The van der Waals surface area contributed by atoms with E-state index in [1.165, 1.54) is 39.0 Å². The summed E-state index contributed by atoms with van der Waals surface area (Å²) in [4.78, 5) is 24.3. The van der Waals surface area contributed by atoms with Crippen LogP contribution in [0.3, 0.4) is 0 Å². The quantitative estimate of drug-likeness (QED) is 0.797. The fourth-order valence-corrected chi connectivity index (χ4v) is 4.21. The second-order valence-corrected chi connectivity index (χ2v) is 6.98. The summed E-state index contributed by atoms with van der Waals surface area (Å²) < 4.78 is 0. The molecule has 1 saturated heterocycles. The van der Waals surface area contributed by atoms with E-state index in [0.717, 1.165) is 11.8 Å². The molecule has 0 unspecified atom stereocenters. The van der Waals surface area contributed by atoms with Gasteiger partial charge in [-0.1, -0.05) is 18.2 Å². The van der Waals surface area contributed by atoms with Crippen LogP contribution in [0, 0.1) is 5.92 Å².